The van der Waals surface area contributed by atoms with Gasteiger partial charge in [0.15, 0.2) is 5.11 Å². The molecule has 0 aliphatic heterocycles. The van der Waals surface area contributed by atoms with Gasteiger partial charge >= 0.3 is 0 Å². The van der Waals surface area contributed by atoms with Gasteiger partial charge in [0.05, 0.1) is 0 Å². The highest BCUT2D eigenvalue weighted by atomic mass is 32.1. The molecule has 0 saturated carbocycles. The van der Waals surface area contributed by atoms with Crippen molar-refractivity contribution < 1.29 is 0 Å². The first-order valence-electron chi connectivity index (χ1n) is 5.55. The predicted molar refractivity (Wildman–Crippen MR) is 78.2 cm³/mol. The number of anilines is 2. The molecule has 0 unspecified atom stereocenters. The van der Waals surface area contributed by atoms with Crippen LogP contribution in [-0.2, 0) is 6.54 Å². The molecule has 4 N–H and O–H groups in total. The van der Waals surface area contributed by atoms with E-state index in [-0.39, 0.29) is 0 Å². The van der Waals surface area contributed by atoms with Crippen molar-refractivity contribution in [3.63, 3.8) is 0 Å². The minimum absolute atomic E-state index is 0.464. The first-order chi connectivity index (χ1) is 8.74. The van der Waals surface area contributed by atoms with Crippen molar-refractivity contribution in [1.29, 1.82) is 0 Å². The molecular weight excluding hydrogens is 244 g/mol. The van der Waals surface area contributed by atoms with Crippen LogP contribution in [0.25, 0.3) is 0 Å². The Bertz CT molecular complexity index is 528. The number of nitrogens with zero attached hydrogens (tertiary/aromatic N) is 1. The van der Waals surface area contributed by atoms with Crippen LogP contribution in [0.3, 0.4) is 0 Å². The number of hydrogen-bond donors (Lipinski definition) is 3. The van der Waals surface area contributed by atoms with E-state index in [1.807, 2.05) is 42.5 Å². The van der Waals surface area contributed by atoms with Gasteiger partial charge in [0, 0.05) is 6.54 Å². The Morgan fingerprint density at radius 3 is 2.61 bits per heavy atom. The quantitative estimate of drug-likeness (QED) is 0.736. The lowest BCUT2D eigenvalue weighted by Crippen LogP contribution is -2.28. The number of nitrogens with two attached hydrogens (primary N) is 1. The maximum atomic E-state index is 5.58. The molecule has 18 heavy (non-hydrogen) atoms. The van der Waals surface area contributed by atoms with Crippen LogP contribution in [0, 0.1) is 0 Å². The van der Waals surface area contributed by atoms with Crippen molar-refractivity contribution in [1.82, 2.24) is 10.3 Å². The Morgan fingerprint density at radius 1 is 1.11 bits per heavy atom. The van der Waals surface area contributed by atoms with E-state index in [4.69, 9.17) is 18.0 Å². The highest BCUT2D eigenvalue weighted by molar-refractivity contribution is 7.80. The number of hydrogen-bond acceptors (Lipinski definition) is 3. The monoisotopic (exact) mass is 258 g/mol. The van der Waals surface area contributed by atoms with Crippen molar-refractivity contribution in [2.75, 3.05) is 11.1 Å². The number of rotatable bonds is 3. The third kappa shape index (κ3) is 3.71. The molecule has 0 saturated heterocycles. The number of pyridine rings is 1. The van der Waals surface area contributed by atoms with Crippen molar-refractivity contribution >= 4 is 29.0 Å². The van der Waals surface area contributed by atoms with Gasteiger partial charge in [-0.1, -0.05) is 36.4 Å². The molecule has 1 heterocycles. The van der Waals surface area contributed by atoms with Crippen molar-refractivity contribution in [2.24, 2.45) is 0 Å². The van der Waals surface area contributed by atoms with Crippen molar-refractivity contribution in [3.8, 4) is 0 Å². The molecule has 92 valence electrons. The van der Waals surface area contributed by atoms with E-state index in [9.17, 15) is 0 Å². The summed E-state index contributed by atoms with van der Waals surface area (Å²) in [6, 6.07) is 15.4. The fourth-order valence-corrected chi connectivity index (χ4v) is 1.64. The third-order valence-electron chi connectivity index (χ3n) is 2.31. The summed E-state index contributed by atoms with van der Waals surface area (Å²) in [6.45, 7) is 0.676. The van der Waals surface area contributed by atoms with Crippen LogP contribution in [-0.4, -0.2) is 10.1 Å². The summed E-state index contributed by atoms with van der Waals surface area (Å²) in [4.78, 5) is 4.11. The molecule has 0 spiro atoms. The normalized spacial score (nSPS) is 9.78. The number of nitrogens with one attached hydrogen (secondary N) is 2. The number of nitrogen functional groups attached to an aromatic ring is 1. The Balaban J connectivity index is 1.86. The fraction of sp³-hybridized carbons (Fsp3) is 0.0769. The summed E-state index contributed by atoms with van der Waals surface area (Å²) < 4.78 is 0. The molecule has 2 rings (SSSR count). The second-order valence-electron chi connectivity index (χ2n) is 3.74. The van der Waals surface area contributed by atoms with Gasteiger partial charge < -0.3 is 16.4 Å². The number of aromatic nitrogens is 1. The van der Waals surface area contributed by atoms with Gasteiger partial charge in [0.1, 0.15) is 11.6 Å². The molecule has 2 aromatic rings. The average Bonchev–Trinajstić information content (AvgIpc) is 2.38. The van der Waals surface area contributed by atoms with E-state index in [1.165, 1.54) is 5.56 Å². The summed E-state index contributed by atoms with van der Waals surface area (Å²) in [5, 5.41) is 6.61. The molecule has 5 heteroatoms. The zero-order valence-corrected chi connectivity index (χ0v) is 10.6. The van der Waals surface area contributed by atoms with E-state index in [2.05, 4.69) is 15.6 Å². The van der Waals surface area contributed by atoms with E-state index in [0.29, 0.717) is 23.3 Å². The van der Waals surface area contributed by atoms with Gasteiger partial charge in [-0.3, -0.25) is 0 Å². The SMILES string of the molecule is Nc1cccc(NC(=S)NCc2ccccc2)n1. The Kier molecular flexibility index (Phi) is 4.09. The third-order valence-corrected chi connectivity index (χ3v) is 2.55. The summed E-state index contributed by atoms with van der Waals surface area (Å²) in [6.07, 6.45) is 0. The minimum atomic E-state index is 0.464. The highest BCUT2D eigenvalue weighted by Gasteiger charge is 1.99. The van der Waals surface area contributed by atoms with Gasteiger partial charge in [0.2, 0.25) is 0 Å². The number of benzene rings is 1. The van der Waals surface area contributed by atoms with Crippen LogP contribution in [0.15, 0.2) is 48.5 Å². The maximum Gasteiger partial charge on any atom is 0.172 e. The average molecular weight is 258 g/mol. The molecule has 0 radical (unpaired) electrons. The van der Waals surface area contributed by atoms with Crippen LogP contribution >= 0.6 is 12.2 Å². The molecule has 0 amide bonds. The minimum Gasteiger partial charge on any atom is -0.384 e. The molecule has 0 bridgehead atoms. The molecule has 1 aromatic heterocycles. The van der Waals surface area contributed by atoms with Gasteiger partial charge in [-0.25, -0.2) is 4.98 Å². The van der Waals surface area contributed by atoms with Crippen molar-refractivity contribution in [3.05, 3.63) is 54.1 Å². The molecule has 4 nitrogen and oxygen atoms in total. The largest absolute Gasteiger partial charge is 0.384 e. The maximum absolute atomic E-state index is 5.58. The first-order valence-corrected chi connectivity index (χ1v) is 5.96. The molecular formula is C13H14N4S. The summed E-state index contributed by atoms with van der Waals surface area (Å²) in [5.41, 5.74) is 6.75. The van der Waals surface area contributed by atoms with Gasteiger partial charge in [-0.05, 0) is 29.9 Å². The topological polar surface area (TPSA) is 63.0 Å². The second-order valence-corrected chi connectivity index (χ2v) is 4.15. The van der Waals surface area contributed by atoms with Crippen LogP contribution in [0.1, 0.15) is 5.56 Å². The smallest absolute Gasteiger partial charge is 0.172 e. The van der Waals surface area contributed by atoms with E-state index in [1.54, 1.807) is 6.07 Å². The Labute approximate surface area is 111 Å². The van der Waals surface area contributed by atoms with Crippen LogP contribution in [0.5, 0.6) is 0 Å². The Hall–Kier alpha value is -2.14. The van der Waals surface area contributed by atoms with Crippen LogP contribution in [0.4, 0.5) is 11.6 Å². The zero-order chi connectivity index (χ0) is 12.8. The molecule has 1 aromatic carbocycles. The summed E-state index contributed by atoms with van der Waals surface area (Å²) >= 11 is 5.18. The molecule has 0 aliphatic carbocycles. The van der Waals surface area contributed by atoms with Crippen LogP contribution in [0.2, 0.25) is 0 Å². The van der Waals surface area contributed by atoms with Gasteiger partial charge in [-0.15, -0.1) is 0 Å². The lowest BCUT2D eigenvalue weighted by molar-refractivity contribution is 0.925. The predicted octanol–water partition coefficient (Wildman–Crippen LogP) is 2.15. The summed E-state index contributed by atoms with van der Waals surface area (Å²) in [7, 11) is 0. The zero-order valence-electron chi connectivity index (χ0n) is 9.76. The van der Waals surface area contributed by atoms with E-state index in [0.717, 1.165) is 0 Å². The first kappa shape index (κ1) is 12.3. The lowest BCUT2D eigenvalue weighted by atomic mass is 10.2. The second kappa shape index (κ2) is 5.97. The molecule has 0 fully saturated rings. The number of thiocarbonyl (C=S) groups is 1. The van der Waals surface area contributed by atoms with E-state index < -0.39 is 0 Å². The standard InChI is InChI=1S/C13H14N4S/c14-11-7-4-8-12(16-11)17-13(18)15-9-10-5-2-1-3-6-10/h1-8H,9H2,(H4,14,15,16,17,18). The lowest BCUT2D eigenvalue weighted by Gasteiger charge is -2.10. The van der Waals surface area contributed by atoms with Crippen molar-refractivity contribution in [2.45, 2.75) is 6.54 Å². The fourth-order valence-electron chi connectivity index (χ4n) is 1.46. The van der Waals surface area contributed by atoms with Crippen LogP contribution < -0.4 is 16.4 Å². The molecule has 0 atom stereocenters. The van der Waals surface area contributed by atoms with Gasteiger partial charge in [-0.2, -0.15) is 0 Å². The highest BCUT2D eigenvalue weighted by Crippen LogP contribution is 2.05. The van der Waals surface area contributed by atoms with E-state index >= 15 is 0 Å². The molecule has 0 aliphatic rings. The van der Waals surface area contributed by atoms with Gasteiger partial charge in [0.25, 0.3) is 0 Å². The Morgan fingerprint density at radius 2 is 1.89 bits per heavy atom. The summed E-state index contributed by atoms with van der Waals surface area (Å²) in [5.74, 6) is 1.10.